The van der Waals surface area contributed by atoms with Crippen LogP contribution >= 0.6 is 0 Å². The monoisotopic (exact) mass is 339 g/mol. The minimum absolute atomic E-state index is 0.182. The standard InChI is InChI=1S/C20H21NO4/c22-18(16-10-5-2-6-11-16)12-7-13-19(23)21-17(14-25-20(21)24)15-8-3-1-4-9-15/h1-6,8-11,17-18,22H,7,12-14H2/t17-,18?/m0/s1. The maximum Gasteiger partial charge on any atom is 0.417 e. The molecule has 2 amide bonds. The van der Waals surface area contributed by atoms with Crippen molar-refractivity contribution in [1.29, 1.82) is 0 Å². The molecule has 5 heteroatoms. The smallest absolute Gasteiger partial charge is 0.417 e. The summed E-state index contributed by atoms with van der Waals surface area (Å²) in [6.45, 7) is 0.182. The van der Waals surface area contributed by atoms with Crippen LogP contribution in [-0.4, -0.2) is 28.6 Å². The zero-order valence-corrected chi connectivity index (χ0v) is 13.9. The summed E-state index contributed by atoms with van der Waals surface area (Å²) in [5.41, 5.74) is 1.71. The lowest BCUT2D eigenvalue weighted by molar-refractivity contribution is -0.129. The zero-order valence-electron chi connectivity index (χ0n) is 13.9. The van der Waals surface area contributed by atoms with E-state index in [0.29, 0.717) is 12.8 Å². The highest BCUT2D eigenvalue weighted by atomic mass is 16.6. The Hall–Kier alpha value is -2.66. The van der Waals surface area contributed by atoms with Crippen LogP contribution in [-0.2, 0) is 9.53 Å². The molecule has 5 nitrogen and oxygen atoms in total. The van der Waals surface area contributed by atoms with E-state index in [9.17, 15) is 14.7 Å². The molecule has 1 fully saturated rings. The van der Waals surface area contributed by atoms with Crippen LogP contribution in [0.3, 0.4) is 0 Å². The Morgan fingerprint density at radius 3 is 2.44 bits per heavy atom. The predicted octanol–water partition coefficient (Wildman–Crippen LogP) is 3.61. The van der Waals surface area contributed by atoms with Crippen LogP contribution in [0.2, 0.25) is 0 Å². The van der Waals surface area contributed by atoms with E-state index in [1.54, 1.807) is 0 Å². The van der Waals surface area contributed by atoms with Crippen LogP contribution in [0, 0.1) is 0 Å². The molecule has 0 bridgehead atoms. The molecule has 2 aromatic carbocycles. The van der Waals surface area contributed by atoms with Crippen molar-refractivity contribution >= 4 is 12.0 Å². The van der Waals surface area contributed by atoms with Crippen molar-refractivity contribution in [1.82, 2.24) is 4.90 Å². The Morgan fingerprint density at radius 2 is 1.76 bits per heavy atom. The van der Waals surface area contributed by atoms with E-state index in [-0.39, 0.29) is 25.0 Å². The Labute approximate surface area is 146 Å². The second-order valence-corrected chi connectivity index (χ2v) is 6.09. The summed E-state index contributed by atoms with van der Waals surface area (Å²) in [6.07, 6.45) is -0.0381. The molecule has 2 aromatic rings. The summed E-state index contributed by atoms with van der Waals surface area (Å²) in [7, 11) is 0. The summed E-state index contributed by atoms with van der Waals surface area (Å²) in [4.78, 5) is 25.7. The van der Waals surface area contributed by atoms with Crippen molar-refractivity contribution in [3.63, 3.8) is 0 Å². The normalized spacial score (nSPS) is 18.0. The van der Waals surface area contributed by atoms with Crippen LogP contribution in [0.1, 0.15) is 42.5 Å². The van der Waals surface area contributed by atoms with E-state index in [1.807, 2.05) is 60.7 Å². The van der Waals surface area contributed by atoms with Gasteiger partial charge in [0, 0.05) is 6.42 Å². The average molecular weight is 339 g/mol. The number of imide groups is 1. The second-order valence-electron chi connectivity index (χ2n) is 6.09. The fourth-order valence-corrected chi connectivity index (χ4v) is 3.03. The van der Waals surface area contributed by atoms with Crippen LogP contribution in [0.25, 0.3) is 0 Å². The number of hydrogen-bond donors (Lipinski definition) is 1. The van der Waals surface area contributed by atoms with Gasteiger partial charge >= 0.3 is 6.09 Å². The Balaban J connectivity index is 1.57. The van der Waals surface area contributed by atoms with Gasteiger partial charge in [0.2, 0.25) is 5.91 Å². The first kappa shape index (κ1) is 17.2. The molecule has 0 aromatic heterocycles. The number of rotatable bonds is 6. The number of ether oxygens (including phenoxy) is 1. The third-order valence-electron chi connectivity index (χ3n) is 4.38. The molecule has 1 saturated heterocycles. The molecule has 1 aliphatic heterocycles. The molecule has 1 N–H and O–H groups in total. The largest absolute Gasteiger partial charge is 0.446 e. The maximum atomic E-state index is 12.5. The second kappa shape index (κ2) is 7.94. The van der Waals surface area contributed by atoms with Crippen molar-refractivity contribution in [2.45, 2.75) is 31.4 Å². The van der Waals surface area contributed by atoms with Gasteiger partial charge in [0.25, 0.3) is 0 Å². The van der Waals surface area contributed by atoms with Crippen molar-refractivity contribution in [3.05, 3.63) is 71.8 Å². The van der Waals surface area contributed by atoms with Gasteiger partial charge < -0.3 is 9.84 Å². The van der Waals surface area contributed by atoms with Crippen LogP contribution in [0.15, 0.2) is 60.7 Å². The fourth-order valence-electron chi connectivity index (χ4n) is 3.03. The minimum atomic E-state index is -0.607. The molecular weight excluding hydrogens is 318 g/mol. The summed E-state index contributed by atoms with van der Waals surface area (Å²) >= 11 is 0. The quantitative estimate of drug-likeness (QED) is 0.873. The zero-order chi connectivity index (χ0) is 17.6. The molecule has 25 heavy (non-hydrogen) atoms. The number of aliphatic hydroxyl groups excluding tert-OH is 1. The first-order valence-electron chi connectivity index (χ1n) is 8.43. The number of aliphatic hydroxyl groups is 1. The number of hydrogen-bond acceptors (Lipinski definition) is 4. The topological polar surface area (TPSA) is 66.8 Å². The highest BCUT2D eigenvalue weighted by Gasteiger charge is 2.38. The van der Waals surface area contributed by atoms with Gasteiger partial charge in [-0.05, 0) is 24.0 Å². The van der Waals surface area contributed by atoms with Crippen molar-refractivity contribution < 1.29 is 19.4 Å². The van der Waals surface area contributed by atoms with Crippen molar-refractivity contribution in [3.8, 4) is 0 Å². The Morgan fingerprint density at radius 1 is 1.12 bits per heavy atom. The molecule has 0 saturated carbocycles. The summed E-state index contributed by atoms with van der Waals surface area (Å²) in [5.74, 6) is -0.267. The molecule has 2 atom stereocenters. The summed E-state index contributed by atoms with van der Waals surface area (Å²) in [6, 6.07) is 18.4. The minimum Gasteiger partial charge on any atom is -0.446 e. The molecule has 3 rings (SSSR count). The van der Waals surface area contributed by atoms with E-state index >= 15 is 0 Å². The summed E-state index contributed by atoms with van der Waals surface area (Å²) < 4.78 is 5.07. The lowest BCUT2D eigenvalue weighted by atomic mass is 10.0. The third-order valence-corrected chi connectivity index (χ3v) is 4.38. The molecular formula is C20H21NO4. The van der Waals surface area contributed by atoms with Gasteiger partial charge in [0.05, 0.1) is 6.10 Å². The molecule has 0 radical (unpaired) electrons. The summed E-state index contributed by atoms with van der Waals surface area (Å²) in [5, 5.41) is 10.2. The predicted molar refractivity (Wildman–Crippen MR) is 92.6 cm³/mol. The van der Waals surface area contributed by atoms with Gasteiger partial charge in [0.1, 0.15) is 12.6 Å². The van der Waals surface area contributed by atoms with Gasteiger partial charge in [0.15, 0.2) is 0 Å². The molecule has 130 valence electrons. The molecule has 0 spiro atoms. The third kappa shape index (κ3) is 4.06. The van der Waals surface area contributed by atoms with E-state index in [2.05, 4.69) is 0 Å². The van der Waals surface area contributed by atoms with Gasteiger partial charge in [-0.3, -0.25) is 4.79 Å². The number of amides is 2. The highest BCUT2D eigenvalue weighted by molar-refractivity contribution is 5.93. The van der Waals surface area contributed by atoms with Crippen LogP contribution in [0.5, 0.6) is 0 Å². The average Bonchev–Trinajstić information content (AvgIpc) is 3.04. The Kier molecular flexibility index (Phi) is 5.46. The van der Waals surface area contributed by atoms with E-state index in [4.69, 9.17) is 4.74 Å². The number of carbonyl (C=O) groups is 2. The van der Waals surface area contributed by atoms with Crippen LogP contribution < -0.4 is 0 Å². The number of cyclic esters (lactones) is 1. The number of carbonyl (C=O) groups excluding carboxylic acids is 2. The number of benzene rings is 2. The fraction of sp³-hybridized carbons (Fsp3) is 0.300. The highest BCUT2D eigenvalue weighted by Crippen LogP contribution is 2.29. The number of nitrogens with zero attached hydrogens (tertiary/aromatic N) is 1. The van der Waals surface area contributed by atoms with Crippen molar-refractivity contribution in [2.75, 3.05) is 6.61 Å². The molecule has 1 heterocycles. The first-order valence-corrected chi connectivity index (χ1v) is 8.43. The van der Waals surface area contributed by atoms with Gasteiger partial charge in [-0.1, -0.05) is 60.7 Å². The van der Waals surface area contributed by atoms with Crippen LogP contribution in [0.4, 0.5) is 4.79 Å². The van der Waals surface area contributed by atoms with Crippen molar-refractivity contribution in [2.24, 2.45) is 0 Å². The Bertz CT molecular complexity index is 717. The lowest BCUT2D eigenvalue weighted by Gasteiger charge is -2.20. The van der Waals surface area contributed by atoms with Gasteiger partial charge in [-0.2, -0.15) is 0 Å². The molecule has 1 unspecified atom stereocenters. The van der Waals surface area contributed by atoms with Gasteiger partial charge in [-0.15, -0.1) is 0 Å². The van der Waals surface area contributed by atoms with E-state index < -0.39 is 12.2 Å². The molecule has 0 aliphatic carbocycles. The van der Waals surface area contributed by atoms with E-state index in [0.717, 1.165) is 11.1 Å². The first-order chi connectivity index (χ1) is 12.2. The SMILES string of the molecule is O=C(CCCC(O)c1ccccc1)N1C(=O)OC[C@H]1c1ccccc1. The lowest BCUT2D eigenvalue weighted by Crippen LogP contribution is -2.34. The van der Waals surface area contributed by atoms with E-state index in [1.165, 1.54) is 4.90 Å². The van der Waals surface area contributed by atoms with Gasteiger partial charge in [-0.25, -0.2) is 9.69 Å². The maximum absolute atomic E-state index is 12.5. The molecule has 1 aliphatic rings.